The molecule has 4 nitrogen and oxygen atoms in total. The Balaban J connectivity index is 1.67. The average Bonchev–Trinajstić information content (AvgIpc) is 2.56. The SMILES string of the molecule is O=C(O)C1CC(O)CN(Cc2ccc(-c3ccccc3)cc2)C1. The Labute approximate surface area is 136 Å². The zero-order valence-corrected chi connectivity index (χ0v) is 12.9. The summed E-state index contributed by atoms with van der Waals surface area (Å²) in [6, 6.07) is 18.5. The van der Waals surface area contributed by atoms with Crippen LogP contribution in [0.1, 0.15) is 12.0 Å². The maximum absolute atomic E-state index is 11.2. The van der Waals surface area contributed by atoms with Crippen LogP contribution in [0.15, 0.2) is 54.6 Å². The molecule has 1 fully saturated rings. The highest BCUT2D eigenvalue weighted by Gasteiger charge is 2.30. The van der Waals surface area contributed by atoms with Gasteiger partial charge in [-0.3, -0.25) is 9.69 Å². The lowest BCUT2D eigenvalue weighted by atomic mass is 9.95. The first-order valence-electron chi connectivity index (χ1n) is 7.89. The molecule has 4 heteroatoms. The van der Waals surface area contributed by atoms with Crippen molar-refractivity contribution >= 4 is 5.97 Å². The summed E-state index contributed by atoms with van der Waals surface area (Å²) in [4.78, 5) is 13.2. The van der Waals surface area contributed by atoms with Crippen LogP contribution >= 0.6 is 0 Å². The van der Waals surface area contributed by atoms with Gasteiger partial charge in [0.25, 0.3) is 0 Å². The minimum absolute atomic E-state index is 0.346. The molecule has 1 aliphatic rings. The highest BCUT2D eigenvalue weighted by Crippen LogP contribution is 2.22. The van der Waals surface area contributed by atoms with Crippen LogP contribution in [0.5, 0.6) is 0 Å². The lowest BCUT2D eigenvalue weighted by molar-refractivity contribution is -0.145. The summed E-state index contributed by atoms with van der Waals surface area (Å²) in [6.07, 6.45) is -0.216. The van der Waals surface area contributed by atoms with E-state index < -0.39 is 18.0 Å². The average molecular weight is 311 g/mol. The molecule has 2 atom stereocenters. The summed E-state index contributed by atoms with van der Waals surface area (Å²) in [7, 11) is 0. The Morgan fingerprint density at radius 2 is 1.65 bits per heavy atom. The Morgan fingerprint density at radius 1 is 1.00 bits per heavy atom. The maximum Gasteiger partial charge on any atom is 0.307 e. The number of benzene rings is 2. The summed E-state index contributed by atoms with van der Waals surface area (Å²) in [5, 5.41) is 19.0. The van der Waals surface area contributed by atoms with Gasteiger partial charge in [0.15, 0.2) is 0 Å². The van der Waals surface area contributed by atoms with Crippen LogP contribution in [-0.4, -0.2) is 40.3 Å². The van der Waals surface area contributed by atoms with Gasteiger partial charge in [-0.2, -0.15) is 0 Å². The van der Waals surface area contributed by atoms with Crippen molar-refractivity contribution in [2.75, 3.05) is 13.1 Å². The molecule has 2 aromatic carbocycles. The van der Waals surface area contributed by atoms with Gasteiger partial charge in [-0.05, 0) is 23.1 Å². The van der Waals surface area contributed by atoms with Crippen LogP contribution < -0.4 is 0 Å². The first-order valence-corrected chi connectivity index (χ1v) is 7.89. The van der Waals surface area contributed by atoms with Crippen molar-refractivity contribution in [2.45, 2.75) is 19.1 Å². The van der Waals surface area contributed by atoms with Crippen LogP contribution in [0, 0.1) is 5.92 Å². The van der Waals surface area contributed by atoms with E-state index in [0.717, 1.165) is 11.1 Å². The Hall–Kier alpha value is -2.17. The van der Waals surface area contributed by atoms with Crippen molar-refractivity contribution in [3.8, 4) is 11.1 Å². The lowest BCUT2D eigenvalue weighted by Gasteiger charge is -2.33. The number of piperidine rings is 1. The number of carboxylic acids is 1. The molecule has 0 aromatic heterocycles. The number of aliphatic hydroxyl groups excluding tert-OH is 1. The van der Waals surface area contributed by atoms with Crippen molar-refractivity contribution in [2.24, 2.45) is 5.92 Å². The molecule has 0 bridgehead atoms. The summed E-state index contributed by atoms with van der Waals surface area (Å²) >= 11 is 0. The van der Waals surface area contributed by atoms with E-state index in [4.69, 9.17) is 5.11 Å². The smallest absolute Gasteiger partial charge is 0.307 e. The van der Waals surface area contributed by atoms with Gasteiger partial charge >= 0.3 is 5.97 Å². The fraction of sp³-hybridized carbons (Fsp3) is 0.316. The second-order valence-corrected chi connectivity index (χ2v) is 6.18. The summed E-state index contributed by atoms with van der Waals surface area (Å²) in [5.41, 5.74) is 3.47. The van der Waals surface area contributed by atoms with Crippen LogP contribution in [0.3, 0.4) is 0 Å². The van der Waals surface area contributed by atoms with E-state index in [1.165, 1.54) is 5.56 Å². The van der Waals surface area contributed by atoms with Gasteiger partial charge in [-0.25, -0.2) is 0 Å². The monoisotopic (exact) mass is 311 g/mol. The molecule has 120 valence electrons. The molecule has 1 heterocycles. The molecule has 1 saturated heterocycles. The van der Waals surface area contributed by atoms with Gasteiger partial charge in [-0.1, -0.05) is 54.6 Å². The molecular formula is C19H21NO3. The highest BCUT2D eigenvalue weighted by molar-refractivity contribution is 5.70. The molecule has 2 aromatic rings. The molecule has 1 aliphatic heterocycles. The van der Waals surface area contributed by atoms with Crippen LogP contribution in [0.2, 0.25) is 0 Å². The molecular weight excluding hydrogens is 290 g/mol. The number of hydrogen-bond donors (Lipinski definition) is 2. The number of nitrogens with zero attached hydrogens (tertiary/aromatic N) is 1. The topological polar surface area (TPSA) is 60.8 Å². The van der Waals surface area contributed by atoms with Gasteiger partial charge in [0.05, 0.1) is 12.0 Å². The lowest BCUT2D eigenvalue weighted by Crippen LogP contribution is -2.45. The quantitative estimate of drug-likeness (QED) is 0.911. The minimum Gasteiger partial charge on any atom is -0.481 e. The summed E-state index contributed by atoms with van der Waals surface area (Å²) < 4.78 is 0. The molecule has 0 aliphatic carbocycles. The van der Waals surface area contributed by atoms with E-state index in [-0.39, 0.29) is 0 Å². The fourth-order valence-corrected chi connectivity index (χ4v) is 3.16. The van der Waals surface area contributed by atoms with Crippen molar-refractivity contribution in [3.05, 3.63) is 60.2 Å². The van der Waals surface area contributed by atoms with E-state index >= 15 is 0 Å². The summed E-state index contributed by atoms with van der Waals surface area (Å²) in [5.74, 6) is -1.31. The van der Waals surface area contributed by atoms with Crippen LogP contribution in [0.4, 0.5) is 0 Å². The second kappa shape index (κ2) is 6.94. The third-order valence-electron chi connectivity index (χ3n) is 4.32. The Kier molecular flexibility index (Phi) is 4.74. The third kappa shape index (κ3) is 3.97. The molecule has 3 rings (SSSR count). The first kappa shape index (κ1) is 15.7. The van der Waals surface area contributed by atoms with Crippen molar-refractivity contribution in [1.82, 2.24) is 4.90 Å². The number of likely N-dealkylation sites (tertiary alicyclic amines) is 1. The minimum atomic E-state index is -0.826. The van der Waals surface area contributed by atoms with Crippen LogP contribution in [-0.2, 0) is 11.3 Å². The Bertz CT molecular complexity index is 654. The number of aliphatic carboxylic acids is 1. The Morgan fingerprint density at radius 3 is 2.30 bits per heavy atom. The molecule has 0 saturated carbocycles. The largest absolute Gasteiger partial charge is 0.481 e. The number of carbonyl (C=O) groups is 1. The predicted octanol–water partition coefficient (Wildman–Crippen LogP) is 2.62. The van der Waals surface area contributed by atoms with E-state index in [2.05, 4.69) is 36.4 Å². The standard InChI is InChI=1S/C19H21NO3/c21-18-10-17(19(22)23)12-20(13-18)11-14-6-8-16(9-7-14)15-4-2-1-3-5-15/h1-9,17-18,21H,10-13H2,(H,22,23). The van der Waals surface area contributed by atoms with Crippen LogP contribution in [0.25, 0.3) is 11.1 Å². The molecule has 23 heavy (non-hydrogen) atoms. The zero-order chi connectivity index (χ0) is 16.2. The number of aliphatic hydroxyl groups is 1. The number of rotatable bonds is 4. The maximum atomic E-state index is 11.2. The van der Waals surface area contributed by atoms with Gasteiger partial charge in [0.2, 0.25) is 0 Å². The van der Waals surface area contributed by atoms with E-state index in [1.807, 2.05) is 23.1 Å². The van der Waals surface area contributed by atoms with Crippen molar-refractivity contribution in [3.63, 3.8) is 0 Å². The normalized spacial score (nSPS) is 22.0. The van der Waals surface area contributed by atoms with Gasteiger partial charge in [0.1, 0.15) is 0 Å². The number of hydrogen-bond acceptors (Lipinski definition) is 3. The molecule has 0 spiro atoms. The molecule has 2 unspecified atom stereocenters. The highest BCUT2D eigenvalue weighted by atomic mass is 16.4. The van der Waals surface area contributed by atoms with Gasteiger partial charge in [-0.15, -0.1) is 0 Å². The van der Waals surface area contributed by atoms with E-state index in [1.54, 1.807) is 0 Å². The van der Waals surface area contributed by atoms with Gasteiger partial charge < -0.3 is 10.2 Å². The van der Waals surface area contributed by atoms with Crippen molar-refractivity contribution < 1.29 is 15.0 Å². The van der Waals surface area contributed by atoms with Gasteiger partial charge in [0, 0.05) is 19.6 Å². The molecule has 0 amide bonds. The van der Waals surface area contributed by atoms with E-state index in [0.29, 0.717) is 26.1 Å². The first-order chi connectivity index (χ1) is 11.1. The predicted molar refractivity (Wildman–Crippen MR) is 88.9 cm³/mol. The fourth-order valence-electron chi connectivity index (χ4n) is 3.16. The summed E-state index contributed by atoms with van der Waals surface area (Å²) in [6.45, 7) is 1.69. The number of β-amino-alcohol motifs (C(OH)–C–C–N with tert-alkyl or cyclic N) is 1. The second-order valence-electron chi connectivity index (χ2n) is 6.18. The van der Waals surface area contributed by atoms with E-state index in [9.17, 15) is 9.90 Å². The zero-order valence-electron chi connectivity index (χ0n) is 12.9. The number of carboxylic acid groups (broad SMARTS) is 1. The molecule has 2 N–H and O–H groups in total. The van der Waals surface area contributed by atoms with Crippen molar-refractivity contribution in [1.29, 1.82) is 0 Å². The molecule has 0 radical (unpaired) electrons. The third-order valence-corrected chi connectivity index (χ3v) is 4.32.